The lowest BCUT2D eigenvalue weighted by Crippen LogP contribution is -2.18. The number of nitrogens with zero attached hydrogens (tertiary/aromatic N) is 1. The summed E-state index contributed by atoms with van der Waals surface area (Å²) >= 11 is 5.88. The van der Waals surface area contributed by atoms with Gasteiger partial charge in [0.05, 0.1) is 18.5 Å². The Morgan fingerprint density at radius 2 is 2.11 bits per heavy atom. The van der Waals surface area contributed by atoms with E-state index in [2.05, 4.69) is 15.5 Å². The third kappa shape index (κ3) is 3.32. The van der Waals surface area contributed by atoms with Gasteiger partial charge in [-0.1, -0.05) is 23.7 Å². The molecule has 0 amide bonds. The average molecular weight is 266 g/mol. The smallest absolute Gasteiger partial charge is 0.0695 e. The van der Waals surface area contributed by atoms with Gasteiger partial charge in [0.25, 0.3) is 0 Å². The first-order valence-corrected chi connectivity index (χ1v) is 6.17. The Morgan fingerprint density at radius 3 is 2.83 bits per heavy atom. The minimum absolute atomic E-state index is 0.703. The topological polar surface area (TPSA) is 49.9 Å². The van der Waals surface area contributed by atoms with Crippen LogP contribution >= 0.6 is 11.6 Å². The summed E-state index contributed by atoms with van der Waals surface area (Å²) in [5.41, 5.74) is 3.24. The molecule has 0 bridgehead atoms. The number of rotatable bonds is 6. The first-order chi connectivity index (χ1) is 8.81. The molecule has 0 aliphatic rings. The van der Waals surface area contributed by atoms with Crippen molar-refractivity contribution < 1.29 is 4.74 Å². The molecule has 1 aromatic carbocycles. The van der Waals surface area contributed by atoms with Crippen molar-refractivity contribution >= 4 is 11.6 Å². The fraction of sp³-hybridized carbons (Fsp3) is 0.308. The Bertz CT molecular complexity index is 481. The maximum atomic E-state index is 5.88. The van der Waals surface area contributed by atoms with Gasteiger partial charge in [-0.15, -0.1) is 0 Å². The van der Waals surface area contributed by atoms with Crippen molar-refractivity contribution in [1.82, 2.24) is 15.5 Å². The molecule has 1 heterocycles. The van der Waals surface area contributed by atoms with E-state index in [1.54, 1.807) is 7.11 Å². The molecule has 2 aromatic rings. The molecule has 0 radical (unpaired) electrons. The molecule has 0 spiro atoms. The summed E-state index contributed by atoms with van der Waals surface area (Å²) in [5, 5.41) is 11.1. The molecule has 1 aromatic heterocycles. The average Bonchev–Trinajstić information content (AvgIpc) is 2.84. The fourth-order valence-electron chi connectivity index (χ4n) is 1.71. The lowest BCUT2D eigenvalue weighted by Gasteiger charge is -2.05. The number of nitrogens with one attached hydrogen (secondary N) is 2. The van der Waals surface area contributed by atoms with Crippen LogP contribution in [0.25, 0.3) is 11.3 Å². The van der Waals surface area contributed by atoms with E-state index in [1.807, 2.05) is 30.5 Å². The Balaban J connectivity index is 2.05. The highest BCUT2D eigenvalue weighted by Gasteiger charge is 2.06. The predicted octanol–water partition coefficient (Wildman–Crippen LogP) is 2.47. The van der Waals surface area contributed by atoms with Crippen molar-refractivity contribution in [3.05, 3.63) is 41.0 Å². The number of methoxy groups -OCH3 is 1. The van der Waals surface area contributed by atoms with Gasteiger partial charge in [0.1, 0.15) is 0 Å². The molecule has 0 unspecified atom stereocenters. The molecular weight excluding hydrogens is 250 g/mol. The minimum atomic E-state index is 0.703. The lowest BCUT2D eigenvalue weighted by atomic mass is 10.1. The number of hydrogen-bond acceptors (Lipinski definition) is 3. The molecule has 2 N–H and O–H groups in total. The van der Waals surface area contributed by atoms with E-state index in [0.29, 0.717) is 6.61 Å². The molecule has 0 aliphatic carbocycles. The zero-order chi connectivity index (χ0) is 12.8. The van der Waals surface area contributed by atoms with Crippen molar-refractivity contribution in [2.24, 2.45) is 0 Å². The van der Waals surface area contributed by atoms with Crippen molar-refractivity contribution in [3.63, 3.8) is 0 Å². The van der Waals surface area contributed by atoms with E-state index in [9.17, 15) is 0 Å². The van der Waals surface area contributed by atoms with Crippen molar-refractivity contribution in [3.8, 4) is 11.3 Å². The number of aromatic amines is 1. The Kier molecular flexibility index (Phi) is 4.75. The highest BCUT2D eigenvalue weighted by Crippen LogP contribution is 2.22. The number of benzene rings is 1. The van der Waals surface area contributed by atoms with Gasteiger partial charge < -0.3 is 10.1 Å². The summed E-state index contributed by atoms with van der Waals surface area (Å²) < 4.78 is 4.99. The maximum absolute atomic E-state index is 5.88. The normalized spacial score (nSPS) is 10.8. The predicted molar refractivity (Wildman–Crippen MR) is 72.6 cm³/mol. The second kappa shape index (κ2) is 6.54. The van der Waals surface area contributed by atoms with Crippen LogP contribution in [0.5, 0.6) is 0 Å². The van der Waals surface area contributed by atoms with Crippen molar-refractivity contribution in [2.75, 3.05) is 20.3 Å². The number of aromatic nitrogens is 2. The molecule has 0 saturated carbocycles. The van der Waals surface area contributed by atoms with Crippen LogP contribution in [-0.2, 0) is 11.3 Å². The maximum Gasteiger partial charge on any atom is 0.0695 e. The Morgan fingerprint density at radius 1 is 1.33 bits per heavy atom. The quantitative estimate of drug-likeness (QED) is 0.789. The van der Waals surface area contributed by atoms with Crippen molar-refractivity contribution in [2.45, 2.75) is 6.54 Å². The summed E-state index contributed by atoms with van der Waals surface area (Å²) in [5.74, 6) is 0. The van der Waals surface area contributed by atoms with E-state index in [4.69, 9.17) is 16.3 Å². The van der Waals surface area contributed by atoms with Gasteiger partial charge in [0.2, 0.25) is 0 Å². The summed E-state index contributed by atoms with van der Waals surface area (Å²) in [6, 6.07) is 7.71. The summed E-state index contributed by atoms with van der Waals surface area (Å²) in [6.45, 7) is 2.29. The SMILES string of the molecule is COCCNCc1cn[nH]c1-c1ccc(Cl)cc1. The second-order valence-electron chi connectivity index (χ2n) is 3.95. The molecule has 0 fully saturated rings. The van der Waals surface area contributed by atoms with Crippen LogP contribution < -0.4 is 5.32 Å². The number of halogens is 1. The standard InChI is InChI=1S/C13H16ClN3O/c1-18-7-6-15-8-11-9-16-17-13(11)10-2-4-12(14)5-3-10/h2-5,9,15H,6-8H2,1H3,(H,16,17). The zero-order valence-corrected chi connectivity index (χ0v) is 11.0. The minimum Gasteiger partial charge on any atom is -0.383 e. The first-order valence-electron chi connectivity index (χ1n) is 5.79. The Hall–Kier alpha value is -1.36. The largest absolute Gasteiger partial charge is 0.383 e. The summed E-state index contributed by atoms with van der Waals surface area (Å²) in [4.78, 5) is 0. The third-order valence-corrected chi connectivity index (χ3v) is 2.90. The van der Waals surface area contributed by atoms with Gasteiger partial charge in [-0.25, -0.2) is 0 Å². The molecule has 2 rings (SSSR count). The number of hydrogen-bond donors (Lipinski definition) is 2. The monoisotopic (exact) mass is 265 g/mol. The molecular formula is C13H16ClN3O. The third-order valence-electron chi connectivity index (χ3n) is 2.65. The number of H-pyrrole nitrogens is 1. The van der Waals surface area contributed by atoms with Gasteiger partial charge in [0.15, 0.2) is 0 Å². The van der Waals surface area contributed by atoms with Crippen LogP contribution in [0.4, 0.5) is 0 Å². The van der Waals surface area contributed by atoms with Crippen LogP contribution in [0.3, 0.4) is 0 Å². The highest BCUT2D eigenvalue weighted by atomic mass is 35.5. The molecule has 5 heteroatoms. The summed E-state index contributed by atoms with van der Waals surface area (Å²) in [7, 11) is 1.69. The summed E-state index contributed by atoms with van der Waals surface area (Å²) in [6.07, 6.45) is 1.84. The molecule has 96 valence electrons. The first kappa shape index (κ1) is 13.1. The van der Waals surface area contributed by atoms with Gasteiger partial charge >= 0.3 is 0 Å². The fourth-order valence-corrected chi connectivity index (χ4v) is 1.83. The van der Waals surface area contributed by atoms with Crippen LogP contribution in [0.2, 0.25) is 5.02 Å². The van der Waals surface area contributed by atoms with E-state index < -0.39 is 0 Å². The molecule has 0 atom stereocenters. The van der Waals surface area contributed by atoms with Gasteiger partial charge in [-0.2, -0.15) is 5.10 Å². The Labute approximate surface area is 111 Å². The molecule has 18 heavy (non-hydrogen) atoms. The highest BCUT2D eigenvalue weighted by molar-refractivity contribution is 6.30. The van der Waals surface area contributed by atoms with Crippen LogP contribution in [-0.4, -0.2) is 30.5 Å². The van der Waals surface area contributed by atoms with E-state index in [-0.39, 0.29) is 0 Å². The van der Waals surface area contributed by atoms with Gasteiger partial charge in [-0.05, 0) is 17.7 Å². The van der Waals surface area contributed by atoms with Gasteiger partial charge in [-0.3, -0.25) is 5.10 Å². The second-order valence-corrected chi connectivity index (χ2v) is 4.38. The van der Waals surface area contributed by atoms with Crippen LogP contribution in [0.1, 0.15) is 5.56 Å². The van der Waals surface area contributed by atoms with E-state index in [1.165, 1.54) is 0 Å². The van der Waals surface area contributed by atoms with Gasteiger partial charge in [0, 0.05) is 30.8 Å². The molecule has 4 nitrogen and oxygen atoms in total. The lowest BCUT2D eigenvalue weighted by molar-refractivity contribution is 0.199. The van der Waals surface area contributed by atoms with Crippen LogP contribution in [0, 0.1) is 0 Å². The number of ether oxygens (including phenoxy) is 1. The molecule has 0 saturated heterocycles. The molecule has 0 aliphatic heterocycles. The van der Waals surface area contributed by atoms with E-state index >= 15 is 0 Å². The van der Waals surface area contributed by atoms with Crippen molar-refractivity contribution in [1.29, 1.82) is 0 Å². The van der Waals surface area contributed by atoms with E-state index in [0.717, 1.165) is 34.9 Å². The zero-order valence-electron chi connectivity index (χ0n) is 10.2. The van der Waals surface area contributed by atoms with Crippen LogP contribution in [0.15, 0.2) is 30.5 Å².